The third-order valence-corrected chi connectivity index (χ3v) is 2.99. The van der Waals surface area contributed by atoms with Crippen LogP contribution >= 0.6 is 0 Å². The molecule has 2 heterocycles. The maximum absolute atomic E-state index is 5.89. The number of anilines is 1. The number of nitrogens with zero attached hydrogens (tertiary/aromatic N) is 3. The Balaban J connectivity index is 2.08. The van der Waals surface area contributed by atoms with Gasteiger partial charge in [0.1, 0.15) is 12.1 Å². The van der Waals surface area contributed by atoms with Gasteiger partial charge in [0.15, 0.2) is 0 Å². The largest absolute Gasteiger partial charge is 0.475 e. The maximum Gasteiger partial charge on any atom is 0.218 e. The molecule has 0 aromatic carbocycles. The molecule has 1 aliphatic heterocycles. The van der Waals surface area contributed by atoms with Crippen LogP contribution in [0.2, 0.25) is 0 Å². The van der Waals surface area contributed by atoms with Crippen molar-refractivity contribution in [1.29, 1.82) is 0 Å². The zero-order valence-corrected chi connectivity index (χ0v) is 11.7. The second-order valence-electron chi connectivity index (χ2n) is 5.10. The fraction of sp³-hybridized carbons (Fsp3) is 0.692. The van der Waals surface area contributed by atoms with E-state index in [0.717, 1.165) is 18.9 Å². The summed E-state index contributed by atoms with van der Waals surface area (Å²) in [6, 6.07) is 1.87. The summed E-state index contributed by atoms with van der Waals surface area (Å²) in [5.41, 5.74) is 5.89. The minimum atomic E-state index is 0.0102. The van der Waals surface area contributed by atoms with Crippen molar-refractivity contribution in [2.24, 2.45) is 5.73 Å². The second kappa shape index (κ2) is 6.16. The summed E-state index contributed by atoms with van der Waals surface area (Å²) in [5.74, 6) is 1.46. The molecule has 2 unspecified atom stereocenters. The van der Waals surface area contributed by atoms with E-state index in [1.54, 1.807) is 0 Å². The van der Waals surface area contributed by atoms with Gasteiger partial charge in [0.2, 0.25) is 5.88 Å². The van der Waals surface area contributed by atoms with E-state index in [2.05, 4.69) is 14.9 Å². The highest BCUT2D eigenvalue weighted by Gasteiger charge is 2.24. The standard InChI is InChI=1S/C13H22N4O2/c1-9(2)19-13-6-12(15-8-16-13)17-4-5-18-11(7-17)10(3)14/h6,8-11H,4-5,7,14H2,1-3H3. The number of aromatic nitrogens is 2. The van der Waals surface area contributed by atoms with Crippen molar-refractivity contribution in [2.75, 3.05) is 24.6 Å². The molecule has 0 aliphatic carbocycles. The van der Waals surface area contributed by atoms with Crippen LogP contribution in [-0.2, 0) is 4.74 Å². The summed E-state index contributed by atoms with van der Waals surface area (Å²) in [6.45, 7) is 8.13. The molecule has 1 aromatic rings. The lowest BCUT2D eigenvalue weighted by Gasteiger charge is -2.35. The molecule has 106 valence electrons. The first-order valence-electron chi connectivity index (χ1n) is 6.67. The lowest BCUT2D eigenvalue weighted by Crippen LogP contribution is -2.49. The molecule has 2 atom stereocenters. The molecule has 6 heteroatoms. The van der Waals surface area contributed by atoms with Crippen molar-refractivity contribution in [3.63, 3.8) is 0 Å². The van der Waals surface area contributed by atoms with Crippen LogP contribution in [0.3, 0.4) is 0 Å². The summed E-state index contributed by atoms with van der Waals surface area (Å²) in [4.78, 5) is 10.6. The summed E-state index contributed by atoms with van der Waals surface area (Å²) < 4.78 is 11.2. The third-order valence-electron chi connectivity index (χ3n) is 2.99. The Hall–Kier alpha value is -1.40. The van der Waals surface area contributed by atoms with Crippen LogP contribution in [0.1, 0.15) is 20.8 Å². The van der Waals surface area contributed by atoms with E-state index in [0.29, 0.717) is 12.5 Å². The first-order valence-corrected chi connectivity index (χ1v) is 6.67. The Labute approximate surface area is 113 Å². The van der Waals surface area contributed by atoms with Crippen LogP contribution in [-0.4, -0.2) is 47.9 Å². The summed E-state index contributed by atoms with van der Waals surface area (Å²) >= 11 is 0. The molecule has 2 N–H and O–H groups in total. The van der Waals surface area contributed by atoms with Crippen LogP contribution in [0.5, 0.6) is 5.88 Å². The molecular formula is C13H22N4O2. The minimum absolute atomic E-state index is 0.0102. The van der Waals surface area contributed by atoms with Gasteiger partial charge in [-0.25, -0.2) is 9.97 Å². The highest BCUT2D eigenvalue weighted by Crippen LogP contribution is 2.19. The van der Waals surface area contributed by atoms with Gasteiger partial charge in [-0.05, 0) is 20.8 Å². The lowest BCUT2D eigenvalue weighted by atomic mass is 10.1. The second-order valence-corrected chi connectivity index (χ2v) is 5.10. The summed E-state index contributed by atoms with van der Waals surface area (Å²) in [6.07, 6.45) is 1.67. The van der Waals surface area contributed by atoms with Crippen LogP contribution in [0, 0.1) is 0 Å². The number of rotatable bonds is 4. The molecule has 0 saturated carbocycles. The number of ether oxygens (including phenoxy) is 2. The van der Waals surface area contributed by atoms with Gasteiger partial charge in [-0.15, -0.1) is 0 Å². The normalized spacial score (nSPS) is 21.5. The quantitative estimate of drug-likeness (QED) is 0.869. The molecule has 19 heavy (non-hydrogen) atoms. The first kappa shape index (κ1) is 14.0. The van der Waals surface area contributed by atoms with Crippen molar-refractivity contribution in [3.8, 4) is 5.88 Å². The highest BCUT2D eigenvalue weighted by atomic mass is 16.5. The molecule has 1 saturated heterocycles. The van der Waals surface area contributed by atoms with Crippen LogP contribution in [0.4, 0.5) is 5.82 Å². The van der Waals surface area contributed by atoms with Crippen molar-refractivity contribution in [1.82, 2.24) is 9.97 Å². The van der Waals surface area contributed by atoms with E-state index in [4.69, 9.17) is 15.2 Å². The zero-order chi connectivity index (χ0) is 13.8. The van der Waals surface area contributed by atoms with Gasteiger partial charge >= 0.3 is 0 Å². The predicted molar refractivity (Wildman–Crippen MR) is 73.4 cm³/mol. The number of hydrogen-bond donors (Lipinski definition) is 1. The smallest absolute Gasteiger partial charge is 0.218 e. The van der Waals surface area contributed by atoms with Crippen molar-refractivity contribution < 1.29 is 9.47 Å². The molecule has 0 bridgehead atoms. The Morgan fingerprint density at radius 2 is 2.21 bits per heavy atom. The maximum atomic E-state index is 5.89. The molecular weight excluding hydrogens is 244 g/mol. The van der Waals surface area contributed by atoms with Gasteiger partial charge in [0, 0.05) is 25.2 Å². The van der Waals surface area contributed by atoms with E-state index in [9.17, 15) is 0 Å². The predicted octanol–water partition coefficient (Wildman–Crippen LogP) is 0.816. The molecule has 6 nitrogen and oxygen atoms in total. The number of hydrogen-bond acceptors (Lipinski definition) is 6. The lowest BCUT2D eigenvalue weighted by molar-refractivity contribution is 0.0273. The Kier molecular flexibility index (Phi) is 4.55. The molecule has 0 radical (unpaired) electrons. The SMILES string of the molecule is CC(C)Oc1cc(N2CCOC(C(C)N)C2)ncn1. The molecule has 1 aromatic heterocycles. The van der Waals surface area contributed by atoms with Gasteiger partial charge in [0.25, 0.3) is 0 Å². The van der Waals surface area contributed by atoms with Crippen LogP contribution < -0.4 is 15.4 Å². The minimum Gasteiger partial charge on any atom is -0.475 e. The third kappa shape index (κ3) is 3.78. The monoisotopic (exact) mass is 266 g/mol. The zero-order valence-electron chi connectivity index (χ0n) is 11.7. The van der Waals surface area contributed by atoms with E-state index in [-0.39, 0.29) is 18.2 Å². The Morgan fingerprint density at radius 3 is 2.89 bits per heavy atom. The summed E-state index contributed by atoms with van der Waals surface area (Å²) in [7, 11) is 0. The molecule has 0 spiro atoms. The summed E-state index contributed by atoms with van der Waals surface area (Å²) in [5, 5.41) is 0. The van der Waals surface area contributed by atoms with Crippen molar-refractivity contribution in [2.45, 2.75) is 39.0 Å². The molecule has 1 aliphatic rings. The average molecular weight is 266 g/mol. The van der Waals surface area contributed by atoms with Crippen molar-refractivity contribution >= 4 is 5.82 Å². The van der Waals surface area contributed by atoms with Crippen LogP contribution in [0.15, 0.2) is 12.4 Å². The number of morpholine rings is 1. The van der Waals surface area contributed by atoms with Crippen LogP contribution in [0.25, 0.3) is 0 Å². The fourth-order valence-electron chi connectivity index (χ4n) is 2.01. The van der Waals surface area contributed by atoms with E-state index < -0.39 is 0 Å². The van der Waals surface area contributed by atoms with E-state index in [1.807, 2.05) is 26.8 Å². The van der Waals surface area contributed by atoms with Gasteiger partial charge in [0.05, 0.1) is 18.8 Å². The van der Waals surface area contributed by atoms with E-state index >= 15 is 0 Å². The van der Waals surface area contributed by atoms with Gasteiger partial charge < -0.3 is 20.1 Å². The Bertz CT molecular complexity index is 411. The molecule has 0 amide bonds. The van der Waals surface area contributed by atoms with Gasteiger partial charge in [-0.1, -0.05) is 0 Å². The highest BCUT2D eigenvalue weighted by molar-refractivity contribution is 5.41. The average Bonchev–Trinajstić information content (AvgIpc) is 2.38. The molecule has 2 rings (SSSR count). The topological polar surface area (TPSA) is 73.5 Å². The van der Waals surface area contributed by atoms with E-state index in [1.165, 1.54) is 6.33 Å². The van der Waals surface area contributed by atoms with Crippen molar-refractivity contribution in [3.05, 3.63) is 12.4 Å². The van der Waals surface area contributed by atoms with Gasteiger partial charge in [-0.3, -0.25) is 0 Å². The molecule has 1 fully saturated rings. The Morgan fingerprint density at radius 1 is 1.42 bits per heavy atom. The van der Waals surface area contributed by atoms with Gasteiger partial charge in [-0.2, -0.15) is 0 Å². The first-order chi connectivity index (χ1) is 9.06. The number of nitrogens with two attached hydrogens (primary N) is 1. The fourth-order valence-corrected chi connectivity index (χ4v) is 2.01.